The number of hydrogen-bond acceptors (Lipinski definition) is 5. The van der Waals surface area contributed by atoms with Crippen LogP contribution in [-0.4, -0.2) is 38.6 Å². The predicted molar refractivity (Wildman–Crippen MR) is 98.7 cm³/mol. The topological polar surface area (TPSA) is 77.3 Å². The van der Waals surface area contributed by atoms with E-state index in [1.165, 1.54) is 4.68 Å². The van der Waals surface area contributed by atoms with E-state index in [-0.39, 0.29) is 23.7 Å². The zero-order chi connectivity index (χ0) is 18.5. The highest BCUT2D eigenvalue weighted by atomic mass is 16.5. The Morgan fingerprint density at radius 3 is 2.81 bits per heavy atom. The van der Waals surface area contributed by atoms with Crippen LogP contribution in [-0.2, 0) is 0 Å². The maximum Gasteiger partial charge on any atom is 0.278 e. The van der Waals surface area contributed by atoms with Crippen LogP contribution >= 0.6 is 0 Å². The molecule has 2 aliphatic rings. The third kappa shape index (κ3) is 2.42. The first-order valence-corrected chi connectivity index (χ1v) is 9.09. The van der Waals surface area contributed by atoms with Crippen molar-refractivity contribution in [3.8, 4) is 5.75 Å². The monoisotopic (exact) mass is 362 g/mol. The van der Waals surface area contributed by atoms with E-state index in [9.17, 15) is 9.59 Å². The molecule has 7 heteroatoms. The van der Waals surface area contributed by atoms with Crippen molar-refractivity contribution < 1.29 is 9.53 Å². The fraction of sp³-hybridized carbons (Fsp3) is 0.300. The molecule has 136 valence electrons. The van der Waals surface area contributed by atoms with E-state index < -0.39 is 0 Å². The van der Waals surface area contributed by atoms with Crippen molar-refractivity contribution in [1.29, 1.82) is 0 Å². The van der Waals surface area contributed by atoms with Gasteiger partial charge in [0, 0.05) is 13.0 Å². The highest BCUT2D eigenvalue weighted by Crippen LogP contribution is 2.34. The highest BCUT2D eigenvalue weighted by molar-refractivity contribution is 6.01. The van der Waals surface area contributed by atoms with Gasteiger partial charge in [-0.15, -0.1) is 5.10 Å². The van der Waals surface area contributed by atoms with Gasteiger partial charge < -0.3 is 9.64 Å². The molecule has 3 aromatic rings. The van der Waals surface area contributed by atoms with Crippen molar-refractivity contribution in [2.45, 2.75) is 32.0 Å². The van der Waals surface area contributed by atoms with Gasteiger partial charge in [-0.05, 0) is 31.0 Å². The molecule has 2 atom stereocenters. The van der Waals surface area contributed by atoms with E-state index in [4.69, 9.17) is 4.74 Å². The van der Waals surface area contributed by atoms with Crippen molar-refractivity contribution in [2.24, 2.45) is 0 Å². The van der Waals surface area contributed by atoms with Gasteiger partial charge in [0.1, 0.15) is 11.3 Å². The summed E-state index contributed by atoms with van der Waals surface area (Å²) in [5, 5.41) is 8.72. The molecular weight excluding hydrogens is 344 g/mol. The smallest absolute Gasteiger partial charge is 0.278 e. The molecule has 1 unspecified atom stereocenters. The molecule has 5 rings (SSSR count). The van der Waals surface area contributed by atoms with Crippen LogP contribution in [0.3, 0.4) is 0 Å². The van der Waals surface area contributed by atoms with Crippen molar-refractivity contribution in [3.05, 3.63) is 63.9 Å². The van der Waals surface area contributed by atoms with Gasteiger partial charge in [0.15, 0.2) is 6.23 Å². The summed E-state index contributed by atoms with van der Waals surface area (Å²) < 4.78 is 7.35. The predicted octanol–water partition coefficient (Wildman–Crippen LogP) is 2.36. The molecule has 0 aliphatic carbocycles. The highest BCUT2D eigenvalue weighted by Gasteiger charge is 2.37. The summed E-state index contributed by atoms with van der Waals surface area (Å²) in [6.45, 7) is 2.61. The Labute approximate surface area is 155 Å². The number of benzene rings is 2. The quantitative estimate of drug-likeness (QED) is 0.699. The fourth-order valence-corrected chi connectivity index (χ4v) is 3.87. The first-order chi connectivity index (χ1) is 13.1. The Morgan fingerprint density at radius 2 is 2.00 bits per heavy atom. The summed E-state index contributed by atoms with van der Waals surface area (Å²) in [6.07, 6.45) is 1.50. The zero-order valence-electron chi connectivity index (χ0n) is 14.8. The van der Waals surface area contributed by atoms with Gasteiger partial charge in [0.2, 0.25) is 0 Å². The minimum absolute atomic E-state index is 0.0655. The number of aromatic nitrogens is 3. The molecule has 1 fully saturated rings. The minimum atomic E-state index is -0.250. The van der Waals surface area contributed by atoms with Gasteiger partial charge in [-0.3, -0.25) is 9.59 Å². The molecule has 1 saturated heterocycles. The molecule has 2 aromatic carbocycles. The number of carbonyl (C=O) groups excluding carboxylic acids is 1. The van der Waals surface area contributed by atoms with Gasteiger partial charge in [0.25, 0.3) is 11.5 Å². The Kier molecular flexibility index (Phi) is 3.50. The molecule has 2 aliphatic heterocycles. The van der Waals surface area contributed by atoms with Crippen LogP contribution in [0.2, 0.25) is 0 Å². The average molecular weight is 362 g/mol. The lowest BCUT2D eigenvalue weighted by Gasteiger charge is -2.31. The summed E-state index contributed by atoms with van der Waals surface area (Å²) >= 11 is 0. The molecule has 0 bridgehead atoms. The van der Waals surface area contributed by atoms with Gasteiger partial charge in [-0.1, -0.05) is 35.5 Å². The Hall–Kier alpha value is -3.22. The van der Waals surface area contributed by atoms with E-state index in [0.717, 1.165) is 18.4 Å². The minimum Gasteiger partial charge on any atom is -0.470 e. The van der Waals surface area contributed by atoms with E-state index in [2.05, 4.69) is 10.3 Å². The van der Waals surface area contributed by atoms with Crippen molar-refractivity contribution in [1.82, 2.24) is 19.9 Å². The van der Waals surface area contributed by atoms with Gasteiger partial charge in [-0.25, -0.2) is 4.68 Å². The molecule has 0 saturated carbocycles. The Morgan fingerprint density at radius 1 is 1.19 bits per heavy atom. The second-order valence-corrected chi connectivity index (χ2v) is 7.00. The van der Waals surface area contributed by atoms with Gasteiger partial charge in [0.05, 0.1) is 17.0 Å². The summed E-state index contributed by atoms with van der Waals surface area (Å²) in [4.78, 5) is 27.5. The molecule has 27 heavy (non-hydrogen) atoms. The summed E-state index contributed by atoms with van der Waals surface area (Å²) in [5.74, 6) is 0.393. The normalized spacial score (nSPS) is 19.5. The molecule has 0 N–H and O–H groups in total. The maximum absolute atomic E-state index is 13.0. The molecule has 7 nitrogen and oxygen atoms in total. The standard InChI is InChI=1S/C20H18N4O3/c1-12(13-6-3-2-4-7-13)24-20(26)14-11-17-15(10-16(14)21-22-24)19(25)23-9-5-8-18(23)27-17/h2-4,6-7,10-12,18H,5,8-9H2,1H3/t12-,18?/m1/s1. The lowest BCUT2D eigenvalue weighted by Crippen LogP contribution is -2.43. The van der Waals surface area contributed by atoms with Gasteiger partial charge >= 0.3 is 0 Å². The van der Waals surface area contributed by atoms with Crippen LogP contribution in [0.25, 0.3) is 10.9 Å². The number of hydrogen-bond donors (Lipinski definition) is 0. The molecule has 1 aromatic heterocycles. The number of nitrogens with zero attached hydrogens (tertiary/aromatic N) is 4. The average Bonchev–Trinajstić information content (AvgIpc) is 3.17. The SMILES string of the molecule is C[C@H](c1ccccc1)n1nnc2cc3c(cc2c1=O)OC1CCCN1C3=O. The van der Waals surface area contributed by atoms with Crippen LogP contribution in [0.4, 0.5) is 0 Å². The van der Waals surface area contributed by atoms with E-state index in [1.807, 2.05) is 37.3 Å². The van der Waals surface area contributed by atoms with E-state index >= 15 is 0 Å². The van der Waals surface area contributed by atoms with Crippen LogP contribution in [0.15, 0.2) is 47.3 Å². The van der Waals surface area contributed by atoms with Gasteiger partial charge in [-0.2, -0.15) is 0 Å². The summed E-state index contributed by atoms with van der Waals surface area (Å²) in [6, 6.07) is 12.7. The number of amides is 1. The number of rotatable bonds is 2. The second-order valence-electron chi connectivity index (χ2n) is 7.00. The van der Waals surface area contributed by atoms with Crippen LogP contribution in [0.5, 0.6) is 5.75 Å². The van der Waals surface area contributed by atoms with E-state index in [1.54, 1.807) is 17.0 Å². The van der Waals surface area contributed by atoms with Crippen molar-refractivity contribution in [2.75, 3.05) is 6.54 Å². The number of ether oxygens (including phenoxy) is 1. The Bertz CT molecular complexity index is 1110. The number of fused-ring (bicyclic) bond motifs is 3. The molecule has 1 amide bonds. The summed E-state index contributed by atoms with van der Waals surface area (Å²) in [7, 11) is 0. The first kappa shape index (κ1) is 16.0. The molecule has 0 radical (unpaired) electrons. The Balaban J connectivity index is 1.63. The lowest BCUT2D eigenvalue weighted by molar-refractivity contribution is 0.0295. The zero-order valence-corrected chi connectivity index (χ0v) is 14.8. The first-order valence-electron chi connectivity index (χ1n) is 9.09. The maximum atomic E-state index is 13.0. The second kappa shape index (κ2) is 5.90. The number of carbonyl (C=O) groups is 1. The lowest BCUT2D eigenvalue weighted by atomic mass is 10.1. The third-order valence-electron chi connectivity index (χ3n) is 5.39. The van der Waals surface area contributed by atoms with Crippen LogP contribution < -0.4 is 10.3 Å². The van der Waals surface area contributed by atoms with Crippen LogP contribution in [0, 0.1) is 0 Å². The molecule has 3 heterocycles. The van der Waals surface area contributed by atoms with Crippen LogP contribution in [0.1, 0.15) is 41.7 Å². The molecular formula is C20H18N4O3. The summed E-state index contributed by atoms with van der Waals surface area (Å²) in [5.41, 5.74) is 1.58. The molecule has 0 spiro atoms. The van der Waals surface area contributed by atoms with Crippen molar-refractivity contribution >= 4 is 16.8 Å². The largest absolute Gasteiger partial charge is 0.470 e. The fourth-order valence-electron chi connectivity index (χ4n) is 3.87. The van der Waals surface area contributed by atoms with E-state index in [0.29, 0.717) is 28.8 Å². The van der Waals surface area contributed by atoms with Crippen molar-refractivity contribution in [3.63, 3.8) is 0 Å². The third-order valence-corrected chi connectivity index (χ3v) is 5.39.